The molecule has 0 bridgehead atoms. The number of fused-ring (bicyclic) bond motifs is 1. The third-order valence-electron chi connectivity index (χ3n) is 4.28. The van der Waals surface area contributed by atoms with Gasteiger partial charge in [-0.3, -0.25) is 4.79 Å². The van der Waals surface area contributed by atoms with Crippen LogP contribution in [0.1, 0.15) is 22.4 Å². The normalized spacial score (nSPS) is 11.8. The van der Waals surface area contributed by atoms with Gasteiger partial charge in [0, 0.05) is 23.1 Å². The van der Waals surface area contributed by atoms with Crippen molar-refractivity contribution in [3.05, 3.63) is 70.9 Å². The van der Waals surface area contributed by atoms with E-state index in [1.54, 1.807) is 13.0 Å². The average Bonchev–Trinajstić information content (AvgIpc) is 2.80. The van der Waals surface area contributed by atoms with E-state index in [0.29, 0.717) is 11.1 Å². The second-order valence-electron chi connectivity index (χ2n) is 5.94. The van der Waals surface area contributed by atoms with Gasteiger partial charge in [0.1, 0.15) is 0 Å². The largest absolute Gasteiger partial charge is 0.481 e. The summed E-state index contributed by atoms with van der Waals surface area (Å²) in [6, 6.07) is 12.5. The van der Waals surface area contributed by atoms with Crippen molar-refractivity contribution in [1.82, 2.24) is 4.57 Å². The number of nitrogens with zero attached hydrogens (tertiary/aromatic N) is 1. The zero-order valence-electron chi connectivity index (χ0n) is 13.5. The highest BCUT2D eigenvalue weighted by atomic mass is 19.4. The molecule has 1 heterocycles. The molecule has 0 unspecified atom stereocenters. The highest BCUT2D eigenvalue weighted by Crippen LogP contribution is 2.31. The minimum absolute atomic E-state index is 0.123. The molecule has 0 fully saturated rings. The molecule has 2 aromatic carbocycles. The van der Waals surface area contributed by atoms with Crippen LogP contribution in [0, 0.1) is 6.92 Å². The van der Waals surface area contributed by atoms with Crippen molar-refractivity contribution < 1.29 is 23.1 Å². The summed E-state index contributed by atoms with van der Waals surface area (Å²) < 4.78 is 40.6. The predicted molar refractivity (Wildman–Crippen MR) is 88.6 cm³/mol. The summed E-state index contributed by atoms with van der Waals surface area (Å²) >= 11 is 0. The van der Waals surface area contributed by atoms with E-state index in [9.17, 15) is 18.0 Å². The quantitative estimate of drug-likeness (QED) is 0.747. The molecule has 0 spiro atoms. The van der Waals surface area contributed by atoms with Crippen LogP contribution in [0.25, 0.3) is 10.9 Å². The number of para-hydroxylation sites is 1. The predicted octanol–water partition coefficient (Wildman–Crippen LogP) is 4.64. The lowest BCUT2D eigenvalue weighted by Gasteiger charge is -2.12. The zero-order chi connectivity index (χ0) is 18.2. The molecule has 25 heavy (non-hydrogen) atoms. The van der Waals surface area contributed by atoms with Crippen molar-refractivity contribution >= 4 is 16.9 Å². The van der Waals surface area contributed by atoms with Crippen LogP contribution in [0.5, 0.6) is 0 Å². The molecule has 0 aliphatic carbocycles. The molecule has 0 saturated carbocycles. The number of carboxylic acid groups (broad SMARTS) is 1. The summed E-state index contributed by atoms with van der Waals surface area (Å²) in [5.41, 5.74) is 2.08. The first-order chi connectivity index (χ1) is 11.8. The second kappa shape index (κ2) is 6.27. The monoisotopic (exact) mass is 347 g/mol. The van der Waals surface area contributed by atoms with Crippen molar-refractivity contribution in [3.8, 4) is 0 Å². The molecule has 3 rings (SSSR count). The molecule has 6 heteroatoms. The van der Waals surface area contributed by atoms with Gasteiger partial charge in [0.05, 0.1) is 12.0 Å². The van der Waals surface area contributed by atoms with Gasteiger partial charge < -0.3 is 9.67 Å². The maximum Gasteiger partial charge on any atom is 0.416 e. The lowest BCUT2D eigenvalue weighted by Crippen LogP contribution is -2.08. The number of aromatic nitrogens is 1. The fourth-order valence-corrected chi connectivity index (χ4v) is 3.11. The number of alkyl halides is 3. The number of aliphatic carboxylic acids is 1. The number of carbonyl (C=O) groups is 1. The molecule has 0 saturated heterocycles. The van der Waals surface area contributed by atoms with Crippen LogP contribution in [-0.4, -0.2) is 15.6 Å². The Morgan fingerprint density at radius 2 is 1.84 bits per heavy atom. The third-order valence-corrected chi connectivity index (χ3v) is 4.28. The smallest absolute Gasteiger partial charge is 0.416 e. The summed E-state index contributed by atoms with van der Waals surface area (Å²) in [4.78, 5) is 11.2. The molecule has 0 amide bonds. The fourth-order valence-electron chi connectivity index (χ4n) is 3.11. The average molecular weight is 347 g/mol. The zero-order valence-corrected chi connectivity index (χ0v) is 13.5. The van der Waals surface area contributed by atoms with Gasteiger partial charge in [0.25, 0.3) is 0 Å². The molecule has 3 nitrogen and oxygen atoms in total. The van der Waals surface area contributed by atoms with E-state index in [0.717, 1.165) is 28.7 Å². The van der Waals surface area contributed by atoms with Crippen molar-refractivity contribution in [2.45, 2.75) is 26.1 Å². The van der Waals surface area contributed by atoms with Gasteiger partial charge in [-0.15, -0.1) is 0 Å². The first kappa shape index (κ1) is 17.1. The Balaban J connectivity index is 2.08. The van der Waals surface area contributed by atoms with Crippen molar-refractivity contribution in [3.63, 3.8) is 0 Å². The van der Waals surface area contributed by atoms with Crippen LogP contribution < -0.4 is 0 Å². The topological polar surface area (TPSA) is 42.2 Å². The van der Waals surface area contributed by atoms with Gasteiger partial charge in [0.15, 0.2) is 0 Å². The Bertz CT molecular complexity index is 941. The second-order valence-corrected chi connectivity index (χ2v) is 5.94. The number of halogens is 3. The van der Waals surface area contributed by atoms with E-state index < -0.39 is 17.7 Å². The van der Waals surface area contributed by atoms with Crippen LogP contribution in [0.15, 0.2) is 48.5 Å². The van der Waals surface area contributed by atoms with Crippen LogP contribution in [0.3, 0.4) is 0 Å². The van der Waals surface area contributed by atoms with Crippen LogP contribution >= 0.6 is 0 Å². The Kier molecular flexibility index (Phi) is 4.29. The van der Waals surface area contributed by atoms with Crippen molar-refractivity contribution in [2.75, 3.05) is 0 Å². The Morgan fingerprint density at radius 3 is 2.52 bits per heavy atom. The molecule has 130 valence electrons. The van der Waals surface area contributed by atoms with E-state index >= 15 is 0 Å². The van der Waals surface area contributed by atoms with Crippen molar-refractivity contribution in [1.29, 1.82) is 0 Å². The highest BCUT2D eigenvalue weighted by Gasteiger charge is 2.30. The number of carboxylic acids is 1. The fraction of sp³-hybridized carbons (Fsp3) is 0.211. The minimum atomic E-state index is -4.39. The Labute approximate surface area is 142 Å². The summed E-state index contributed by atoms with van der Waals surface area (Å²) in [6.45, 7) is 2.04. The lowest BCUT2D eigenvalue weighted by molar-refractivity contribution is -0.138. The molecule has 0 aliphatic rings. The maximum absolute atomic E-state index is 12.9. The van der Waals surface area contributed by atoms with E-state index in [1.807, 2.05) is 28.8 Å². The summed E-state index contributed by atoms with van der Waals surface area (Å²) in [5, 5.41) is 9.96. The number of hydrogen-bond acceptors (Lipinski definition) is 1. The van der Waals surface area contributed by atoms with Gasteiger partial charge in [-0.2, -0.15) is 13.2 Å². The maximum atomic E-state index is 12.9. The molecular formula is C19H16F3NO2. The molecule has 1 aromatic heterocycles. The van der Waals surface area contributed by atoms with Crippen molar-refractivity contribution in [2.24, 2.45) is 0 Å². The van der Waals surface area contributed by atoms with E-state index in [4.69, 9.17) is 5.11 Å². The van der Waals surface area contributed by atoms with Gasteiger partial charge in [-0.25, -0.2) is 0 Å². The van der Waals surface area contributed by atoms with E-state index in [1.165, 1.54) is 6.07 Å². The molecule has 0 atom stereocenters. The van der Waals surface area contributed by atoms with E-state index in [2.05, 4.69) is 0 Å². The first-order valence-electron chi connectivity index (χ1n) is 7.72. The Morgan fingerprint density at radius 1 is 1.12 bits per heavy atom. The van der Waals surface area contributed by atoms with E-state index in [-0.39, 0.29) is 13.0 Å². The van der Waals surface area contributed by atoms with Gasteiger partial charge in [-0.1, -0.05) is 30.3 Å². The Hall–Kier alpha value is -2.76. The van der Waals surface area contributed by atoms with Gasteiger partial charge in [-0.05, 0) is 36.2 Å². The number of rotatable bonds is 4. The molecule has 0 radical (unpaired) electrons. The highest BCUT2D eigenvalue weighted by molar-refractivity contribution is 5.89. The molecule has 0 aliphatic heterocycles. The molecular weight excluding hydrogens is 331 g/mol. The third kappa shape index (κ3) is 3.38. The van der Waals surface area contributed by atoms with Gasteiger partial charge >= 0.3 is 12.1 Å². The molecule has 3 aromatic rings. The van der Waals surface area contributed by atoms with Gasteiger partial charge in [0.2, 0.25) is 0 Å². The number of hydrogen-bond donors (Lipinski definition) is 1. The number of benzene rings is 2. The summed E-state index contributed by atoms with van der Waals surface area (Å²) in [5.74, 6) is -0.940. The summed E-state index contributed by atoms with van der Waals surface area (Å²) in [7, 11) is 0. The molecule has 1 N–H and O–H groups in total. The summed E-state index contributed by atoms with van der Waals surface area (Å²) in [6.07, 6.45) is -4.51. The minimum Gasteiger partial charge on any atom is -0.481 e. The lowest BCUT2D eigenvalue weighted by atomic mass is 10.1. The van der Waals surface area contributed by atoms with Crippen LogP contribution in [0.4, 0.5) is 13.2 Å². The standard InChI is InChI=1S/C19H16F3NO2/c1-12-16(10-18(24)25)15-7-2-3-8-17(15)23(12)11-13-5-4-6-14(9-13)19(20,21)22/h2-9H,10-11H2,1H3,(H,24,25). The SMILES string of the molecule is Cc1c(CC(=O)O)c2ccccc2n1Cc1cccc(C(F)(F)F)c1. The van der Waals surface area contributed by atoms with Crippen LogP contribution in [0.2, 0.25) is 0 Å². The first-order valence-corrected chi connectivity index (χ1v) is 7.72. The van der Waals surface area contributed by atoms with Crippen LogP contribution in [-0.2, 0) is 23.9 Å².